The molecule has 2 heterocycles. The zero-order valence-electron chi connectivity index (χ0n) is 11.3. The van der Waals surface area contributed by atoms with Gasteiger partial charge in [0.05, 0.1) is 18.2 Å². The molecule has 1 aromatic carbocycles. The molecule has 0 radical (unpaired) electrons. The van der Waals surface area contributed by atoms with Crippen LogP contribution in [0, 0.1) is 6.92 Å². The van der Waals surface area contributed by atoms with Crippen LogP contribution in [0.25, 0.3) is 0 Å². The predicted molar refractivity (Wildman–Crippen MR) is 76.3 cm³/mol. The summed E-state index contributed by atoms with van der Waals surface area (Å²) in [7, 11) is 0. The summed E-state index contributed by atoms with van der Waals surface area (Å²) in [5.74, 6) is 0.609. The summed E-state index contributed by atoms with van der Waals surface area (Å²) < 4.78 is 0. The zero-order valence-corrected chi connectivity index (χ0v) is 11.3. The standard InChI is InChI=1S/C15H16N4O/c1-10-16-7-6-11(19-10)8-18-15(20)13-9-17-14-5-3-2-4-12(13)14/h2-7,13,17H,8-9H2,1H3,(H,18,20). The van der Waals surface area contributed by atoms with Crippen LogP contribution in [-0.4, -0.2) is 22.4 Å². The molecule has 0 saturated heterocycles. The van der Waals surface area contributed by atoms with Gasteiger partial charge in [0.1, 0.15) is 5.82 Å². The smallest absolute Gasteiger partial charge is 0.229 e. The third-order valence-electron chi connectivity index (χ3n) is 3.43. The number of carbonyl (C=O) groups is 1. The normalized spacial score (nSPS) is 16.4. The van der Waals surface area contributed by atoms with Crippen molar-refractivity contribution in [1.82, 2.24) is 15.3 Å². The molecule has 3 rings (SSSR count). The molecule has 0 saturated carbocycles. The Morgan fingerprint density at radius 3 is 3.10 bits per heavy atom. The second-order valence-corrected chi connectivity index (χ2v) is 4.83. The van der Waals surface area contributed by atoms with E-state index in [0.717, 1.165) is 16.9 Å². The molecule has 5 heteroatoms. The summed E-state index contributed by atoms with van der Waals surface area (Å²) in [6.45, 7) is 2.91. The van der Waals surface area contributed by atoms with E-state index < -0.39 is 0 Å². The summed E-state index contributed by atoms with van der Waals surface area (Å²) in [4.78, 5) is 20.6. The molecule has 0 aliphatic carbocycles. The molecule has 1 aliphatic heterocycles. The number of hydrogen-bond acceptors (Lipinski definition) is 4. The van der Waals surface area contributed by atoms with Gasteiger partial charge in [0.15, 0.2) is 0 Å². The van der Waals surface area contributed by atoms with Gasteiger partial charge in [-0.25, -0.2) is 9.97 Å². The van der Waals surface area contributed by atoms with Crippen LogP contribution < -0.4 is 10.6 Å². The maximum absolute atomic E-state index is 12.3. The van der Waals surface area contributed by atoms with Crippen LogP contribution in [-0.2, 0) is 11.3 Å². The lowest BCUT2D eigenvalue weighted by molar-refractivity contribution is -0.122. The molecule has 1 unspecified atom stereocenters. The number of para-hydroxylation sites is 1. The fourth-order valence-corrected chi connectivity index (χ4v) is 2.42. The summed E-state index contributed by atoms with van der Waals surface area (Å²) in [5.41, 5.74) is 2.93. The molecule has 1 aromatic heterocycles. The van der Waals surface area contributed by atoms with Crippen LogP contribution in [0.3, 0.4) is 0 Å². The second kappa shape index (κ2) is 5.28. The monoisotopic (exact) mass is 268 g/mol. The predicted octanol–water partition coefficient (Wildman–Crippen LogP) is 1.61. The number of nitrogens with zero attached hydrogens (tertiary/aromatic N) is 2. The molecular formula is C15H16N4O. The molecule has 1 atom stereocenters. The highest BCUT2D eigenvalue weighted by molar-refractivity contribution is 5.88. The quantitative estimate of drug-likeness (QED) is 0.887. The van der Waals surface area contributed by atoms with E-state index in [1.54, 1.807) is 6.20 Å². The van der Waals surface area contributed by atoms with E-state index in [9.17, 15) is 4.79 Å². The van der Waals surface area contributed by atoms with E-state index in [2.05, 4.69) is 20.6 Å². The lowest BCUT2D eigenvalue weighted by Gasteiger charge is -2.11. The van der Waals surface area contributed by atoms with Crippen molar-refractivity contribution in [1.29, 1.82) is 0 Å². The van der Waals surface area contributed by atoms with Crippen molar-refractivity contribution >= 4 is 11.6 Å². The van der Waals surface area contributed by atoms with E-state index in [1.165, 1.54) is 0 Å². The maximum Gasteiger partial charge on any atom is 0.229 e. The minimum absolute atomic E-state index is 0.0266. The Kier molecular flexibility index (Phi) is 3.33. The van der Waals surface area contributed by atoms with E-state index in [-0.39, 0.29) is 11.8 Å². The number of anilines is 1. The Hall–Kier alpha value is -2.43. The third-order valence-corrected chi connectivity index (χ3v) is 3.43. The molecule has 2 N–H and O–H groups in total. The molecule has 20 heavy (non-hydrogen) atoms. The molecule has 5 nitrogen and oxygen atoms in total. The van der Waals surface area contributed by atoms with Crippen LogP contribution in [0.5, 0.6) is 0 Å². The highest BCUT2D eigenvalue weighted by Gasteiger charge is 2.27. The number of amides is 1. The number of benzene rings is 1. The Labute approximate surface area is 117 Å². The molecule has 0 bridgehead atoms. The van der Waals surface area contributed by atoms with Crippen LogP contribution >= 0.6 is 0 Å². The second-order valence-electron chi connectivity index (χ2n) is 4.83. The Bertz CT molecular complexity index is 641. The summed E-state index contributed by atoms with van der Waals surface area (Å²) in [5, 5.41) is 6.19. The average Bonchev–Trinajstić information content (AvgIpc) is 2.89. The van der Waals surface area contributed by atoms with Gasteiger partial charge in [-0.1, -0.05) is 18.2 Å². The van der Waals surface area contributed by atoms with Gasteiger partial charge in [-0.2, -0.15) is 0 Å². The van der Waals surface area contributed by atoms with Crippen LogP contribution in [0.4, 0.5) is 5.69 Å². The number of carbonyl (C=O) groups excluding carboxylic acids is 1. The van der Waals surface area contributed by atoms with Crippen LogP contribution in [0.1, 0.15) is 23.0 Å². The molecular weight excluding hydrogens is 252 g/mol. The van der Waals surface area contributed by atoms with Crippen molar-refractivity contribution in [2.75, 3.05) is 11.9 Å². The molecule has 1 aliphatic rings. The summed E-state index contributed by atoms with van der Waals surface area (Å²) in [6.07, 6.45) is 1.70. The van der Waals surface area contributed by atoms with E-state index in [1.807, 2.05) is 37.3 Å². The van der Waals surface area contributed by atoms with Crippen molar-refractivity contribution in [2.24, 2.45) is 0 Å². The maximum atomic E-state index is 12.3. The summed E-state index contributed by atoms with van der Waals surface area (Å²) in [6, 6.07) is 9.73. The zero-order chi connectivity index (χ0) is 13.9. The van der Waals surface area contributed by atoms with E-state index >= 15 is 0 Å². The summed E-state index contributed by atoms with van der Waals surface area (Å²) >= 11 is 0. The van der Waals surface area contributed by atoms with Gasteiger partial charge >= 0.3 is 0 Å². The Morgan fingerprint density at radius 1 is 1.40 bits per heavy atom. The number of rotatable bonds is 3. The number of aryl methyl sites for hydroxylation is 1. The van der Waals surface area contributed by atoms with Gasteiger partial charge < -0.3 is 10.6 Å². The number of hydrogen-bond donors (Lipinski definition) is 2. The lowest BCUT2D eigenvalue weighted by Crippen LogP contribution is -2.30. The first kappa shape index (κ1) is 12.6. The minimum atomic E-state index is -0.130. The van der Waals surface area contributed by atoms with E-state index in [0.29, 0.717) is 18.9 Å². The third kappa shape index (κ3) is 2.47. The number of fused-ring (bicyclic) bond motifs is 1. The first-order valence-electron chi connectivity index (χ1n) is 6.63. The highest BCUT2D eigenvalue weighted by atomic mass is 16.1. The van der Waals surface area contributed by atoms with Gasteiger partial charge in [-0.05, 0) is 24.6 Å². The van der Waals surface area contributed by atoms with Crippen molar-refractivity contribution in [3.8, 4) is 0 Å². The SMILES string of the molecule is Cc1nccc(CNC(=O)C2CNc3ccccc32)n1. The Balaban J connectivity index is 1.66. The lowest BCUT2D eigenvalue weighted by atomic mass is 10.0. The van der Waals surface area contributed by atoms with Crippen molar-refractivity contribution in [2.45, 2.75) is 19.4 Å². The Morgan fingerprint density at radius 2 is 2.25 bits per heavy atom. The molecule has 1 amide bonds. The molecule has 102 valence electrons. The number of aromatic nitrogens is 2. The first-order valence-corrected chi connectivity index (χ1v) is 6.63. The highest BCUT2D eigenvalue weighted by Crippen LogP contribution is 2.30. The largest absolute Gasteiger partial charge is 0.384 e. The molecule has 0 fully saturated rings. The topological polar surface area (TPSA) is 66.9 Å². The van der Waals surface area contributed by atoms with Crippen LogP contribution in [0.15, 0.2) is 36.5 Å². The average molecular weight is 268 g/mol. The van der Waals surface area contributed by atoms with Gasteiger partial charge in [0, 0.05) is 18.4 Å². The van der Waals surface area contributed by atoms with Gasteiger partial charge in [0.2, 0.25) is 5.91 Å². The molecule has 2 aromatic rings. The first-order chi connectivity index (χ1) is 9.74. The van der Waals surface area contributed by atoms with Gasteiger partial charge in [-0.15, -0.1) is 0 Å². The molecule has 0 spiro atoms. The minimum Gasteiger partial charge on any atom is -0.384 e. The van der Waals surface area contributed by atoms with Crippen LogP contribution in [0.2, 0.25) is 0 Å². The fourth-order valence-electron chi connectivity index (χ4n) is 2.42. The van der Waals surface area contributed by atoms with Gasteiger partial charge in [-0.3, -0.25) is 4.79 Å². The van der Waals surface area contributed by atoms with E-state index in [4.69, 9.17) is 0 Å². The van der Waals surface area contributed by atoms with Crippen molar-refractivity contribution in [3.05, 3.63) is 53.6 Å². The van der Waals surface area contributed by atoms with Crippen molar-refractivity contribution < 1.29 is 4.79 Å². The van der Waals surface area contributed by atoms with Crippen molar-refractivity contribution in [3.63, 3.8) is 0 Å². The number of nitrogens with one attached hydrogen (secondary N) is 2. The van der Waals surface area contributed by atoms with Gasteiger partial charge in [0.25, 0.3) is 0 Å². The fraction of sp³-hybridized carbons (Fsp3) is 0.267.